The van der Waals surface area contributed by atoms with E-state index in [2.05, 4.69) is 51.8 Å². The van der Waals surface area contributed by atoms with Crippen LogP contribution in [0.2, 0.25) is 0 Å². The van der Waals surface area contributed by atoms with Crippen LogP contribution in [0.15, 0.2) is 35.5 Å². The second kappa shape index (κ2) is 7.33. The Labute approximate surface area is 166 Å². The fraction of sp³-hybridized carbons (Fsp3) is 0.500. The maximum absolute atomic E-state index is 11.8. The molecule has 1 saturated heterocycles. The van der Waals surface area contributed by atoms with Crippen LogP contribution >= 0.6 is 0 Å². The molecule has 150 valence electrons. The number of benzene rings is 1. The third-order valence-corrected chi connectivity index (χ3v) is 6.73. The van der Waals surface area contributed by atoms with Gasteiger partial charge in [0, 0.05) is 57.3 Å². The van der Waals surface area contributed by atoms with E-state index in [-0.39, 0.29) is 6.10 Å². The molecule has 0 aliphatic carbocycles. The molecule has 2 aromatic rings. The molecule has 3 heterocycles. The molecule has 1 aromatic carbocycles. The van der Waals surface area contributed by atoms with E-state index < -0.39 is 9.73 Å². The molecule has 0 saturated carbocycles. The van der Waals surface area contributed by atoms with Crippen molar-refractivity contribution in [3.8, 4) is 5.75 Å². The standard InChI is InChI=1S/C20H27N5O2S/c1-14-10-17-5-4-16(11-19(17)27-14)15(2)24-6-8-25(9-7-24)20-22-12-18(13-23-20)28(3,21)26/h4-5,11-15,21H,6-10H2,1-3H3. The molecule has 2 aliphatic heterocycles. The largest absolute Gasteiger partial charge is 0.490 e. The number of aromatic nitrogens is 2. The summed E-state index contributed by atoms with van der Waals surface area (Å²) in [5.74, 6) is 1.67. The van der Waals surface area contributed by atoms with Gasteiger partial charge in [0.2, 0.25) is 5.95 Å². The first kappa shape index (κ1) is 19.1. The van der Waals surface area contributed by atoms with Crippen molar-refractivity contribution >= 4 is 15.7 Å². The molecule has 3 unspecified atom stereocenters. The Morgan fingerprint density at radius 2 is 1.89 bits per heavy atom. The molecule has 7 nitrogen and oxygen atoms in total. The van der Waals surface area contributed by atoms with E-state index in [1.54, 1.807) is 0 Å². The van der Waals surface area contributed by atoms with Gasteiger partial charge in [-0.15, -0.1) is 0 Å². The molecule has 0 bridgehead atoms. The van der Waals surface area contributed by atoms with E-state index in [9.17, 15) is 4.21 Å². The lowest BCUT2D eigenvalue weighted by atomic mass is 10.0. The molecule has 1 aromatic heterocycles. The number of hydrogen-bond acceptors (Lipinski definition) is 7. The number of piperazine rings is 1. The summed E-state index contributed by atoms with van der Waals surface area (Å²) in [4.78, 5) is 13.6. The predicted octanol–water partition coefficient (Wildman–Crippen LogP) is 2.72. The maximum atomic E-state index is 11.8. The van der Waals surface area contributed by atoms with Gasteiger partial charge in [0.1, 0.15) is 11.9 Å². The normalized spacial score (nSPS) is 23.0. The van der Waals surface area contributed by atoms with Gasteiger partial charge in [0.15, 0.2) is 0 Å². The highest BCUT2D eigenvalue weighted by molar-refractivity contribution is 7.91. The van der Waals surface area contributed by atoms with Gasteiger partial charge < -0.3 is 9.64 Å². The third-order valence-electron chi connectivity index (χ3n) is 5.62. The Morgan fingerprint density at radius 1 is 1.21 bits per heavy atom. The SMILES string of the molecule is CC1Cc2ccc(C(C)N3CCN(c4ncc(S(C)(=N)=O)cn4)CC3)cc2O1. The Bertz CT molecular complexity index is 953. The summed E-state index contributed by atoms with van der Waals surface area (Å²) in [6.45, 7) is 7.87. The van der Waals surface area contributed by atoms with Crippen LogP contribution in [0.3, 0.4) is 0 Å². The summed E-state index contributed by atoms with van der Waals surface area (Å²) in [5.41, 5.74) is 2.59. The van der Waals surface area contributed by atoms with Crippen LogP contribution in [0.1, 0.15) is 31.0 Å². The number of ether oxygens (including phenoxy) is 1. The van der Waals surface area contributed by atoms with Crippen molar-refractivity contribution in [3.05, 3.63) is 41.7 Å². The number of nitrogens with zero attached hydrogens (tertiary/aromatic N) is 4. The van der Waals surface area contributed by atoms with Crippen molar-refractivity contribution in [1.29, 1.82) is 4.78 Å². The van der Waals surface area contributed by atoms with Crippen molar-refractivity contribution in [2.24, 2.45) is 0 Å². The highest BCUT2D eigenvalue weighted by Gasteiger charge is 2.25. The first-order valence-corrected chi connectivity index (χ1v) is 11.6. The monoisotopic (exact) mass is 401 g/mol. The zero-order valence-corrected chi connectivity index (χ0v) is 17.4. The van der Waals surface area contributed by atoms with Crippen LogP contribution in [0, 0.1) is 4.78 Å². The maximum Gasteiger partial charge on any atom is 0.225 e. The van der Waals surface area contributed by atoms with Gasteiger partial charge in [-0.25, -0.2) is 19.0 Å². The highest BCUT2D eigenvalue weighted by atomic mass is 32.2. The molecule has 2 aliphatic rings. The Hall–Kier alpha value is -2.19. The van der Waals surface area contributed by atoms with E-state index in [1.807, 2.05) is 0 Å². The molecule has 0 amide bonds. The summed E-state index contributed by atoms with van der Waals surface area (Å²) in [5, 5.41) is 0. The minimum Gasteiger partial charge on any atom is -0.490 e. The van der Waals surface area contributed by atoms with E-state index >= 15 is 0 Å². The predicted molar refractivity (Wildman–Crippen MR) is 110 cm³/mol. The minimum absolute atomic E-state index is 0.270. The lowest BCUT2D eigenvalue weighted by molar-refractivity contribution is 0.197. The smallest absolute Gasteiger partial charge is 0.225 e. The molecule has 28 heavy (non-hydrogen) atoms. The summed E-state index contributed by atoms with van der Waals surface area (Å²) < 4.78 is 25.3. The lowest BCUT2D eigenvalue weighted by Gasteiger charge is -2.38. The number of fused-ring (bicyclic) bond motifs is 1. The van der Waals surface area contributed by atoms with E-state index in [1.165, 1.54) is 29.8 Å². The van der Waals surface area contributed by atoms with Crippen LogP contribution in [0.5, 0.6) is 5.75 Å². The molecule has 1 N–H and O–H groups in total. The van der Waals surface area contributed by atoms with Crippen LogP contribution in [-0.4, -0.2) is 57.6 Å². The van der Waals surface area contributed by atoms with E-state index in [0.29, 0.717) is 16.9 Å². The van der Waals surface area contributed by atoms with Gasteiger partial charge in [-0.2, -0.15) is 0 Å². The van der Waals surface area contributed by atoms with Gasteiger partial charge >= 0.3 is 0 Å². The summed E-state index contributed by atoms with van der Waals surface area (Å²) in [7, 11) is -2.77. The molecule has 0 spiro atoms. The topological polar surface area (TPSA) is 82.4 Å². The Kier molecular flexibility index (Phi) is 5.01. The fourth-order valence-electron chi connectivity index (χ4n) is 3.87. The number of rotatable bonds is 4. The Morgan fingerprint density at radius 3 is 2.54 bits per heavy atom. The average molecular weight is 402 g/mol. The quantitative estimate of drug-likeness (QED) is 0.848. The minimum atomic E-state index is -2.77. The van der Waals surface area contributed by atoms with Crippen molar-refractivity contribution in [1.82, 2.24) is 14.9 Å². The molecule has 8 heteroatoms. The molecule has 0 radical (unpaired) electrons. The van der Waals surface area contributed by atoms with Crippen molar-refractivity contribution in [2.75, 3.05) is 37.3 Å². The lowest BCUT2D eigenvalue weighted by Crippen LogP contribution is -2.47. The van der Waals surface area contributed by atoms with Crippen molar-refractivity contribution < 1.29 is 8.95 Å². The highest BCUT2D eigenvalue weighted by Crippen LogP contribution is 2.33. The van der Waals surface area contributed by atoms with Gasteiger partial charge in [0.25, 0.3) is 0 Å². The number of hydrogen-bond donors (Lipinski definition) is 1. The Balaban J connectivity index is 1.39. The van der Waals surface area contributed by atoms with Gasteiger partial charge in [-0.3, -0.25) is 4.90 Å². The summed E-state index contributed by atoms with van der Waals surface area (Å²) in [6.07, 6.45) is 5.67. The van der Waals surface area contributed by atoms with Gasteiger partial charge in [0.05, 0.1) is 14.6 Å². The molecular formula is C20H27N5O2S. The second-order valence-corrected chi connectivity index (χ2v) is 9.92. The first-order valence-electron chi connectivity index (χ1n) is 9.65. The number of nitrogens with one attached hydrogen (secondary N) is 1. The third kappa shape index (κ3) is 3.84. The zero-order chi connectivity index (χ0) is 19.9. The summed E-state index contributed by atoms with van der Waals surface area (Å²) in [6, 6.07) is 6.94. The molecular weight excluding hydrogens is 374 g/mol. The second-order valence-electron chi connectivity index (χ2n) is 7.76. The molecule has 1 fully saturated rings. The summed E-state index contributed by atoms with van der Waals surface area (Å²) >= 11 is 0. The van der Waals surface area contributed by atoms with E-state index in [4.69, 9.17) is 9.52 Å². The van der Waals surface area contributed by atoms with Gasteiger partial charge in [-0.1, -0.05) is 12.1 Å². The fourth-order valence-corrected chi connectivity index (χ4v) is 4.38. The van der Waals surface area contributed by atoms with E-state index in [0.717, 1.165) is 38.3 Å². The van der Waals surface area contributed by atoms with Crippen LogP contribution in [-0.2, 0) is 16.1 Å². The molecule has 3 atom stereocenters. The number of anilines is 1. The van der Waals surface area contributed by atoms with Gasteiger partial charge in [-0.05, 0) is 31.0 Å². The average Bonchev–Trinajstić information content (AvgIpc) is 3.06. The molecule has 4 rings (SSSR count). The van der Waals surface area contributed by atoms with Crippen LogP contribution < -0.4 is 9.64 Å². The zero-order valence-electron chi connectivity index (χ0n) is 16.6. The first-order chi connectivity index (χ1) is 13.3. The van der Waals surface area contributed by atoms with Crippen LogP contribution in [0.4, 0.5) is 5.95 Å². The van der Waals surface area contributed by atoms with Crippen molar-refractivity contribution in [2.45, 2.75) is 37.3 Å². The van der Waals surface area contributed by atoms with Crippen LogP contribution in [0.25, 0.3) is 0 Å². The van der Waals surface area contributed by atoms with Crippen molar-refractivity contribution in [3.63, 3.8) is 0 Å².